The highest BCUT2D eigenvalue weighted by atomic mass is 19.1. The van der Waals surface area contributed by atoms with Crippen LogP contribution in [-0.4, -0.2) is 0 Å². The molecule has 0 fully saturated rings. The maximum atomic E-state index is 12.8. The van der Waals surface area contributed by atoms with E-state index < -0.39 is 0 Å². The Balaban J connectivity index is 2.13. The molecular formula is C16H18FNO. The predicted molar refractivity (Wildman–Crippen MR) is 74.5 cm³/mol. The maximum absolute atomic E-state index is 12.8. The van der Waals surface area contributed by atoms with Crippen molar-refractivity contribution in [2.24, 2.45) is 5.73 Å². The molecule has 0 saturated heterocycles. The van der Waals surface area contributed by atoms with Crippen LogP contribution in [0.15, 0.2) is 42.5 Å². The number of halogens is 1. The van der Waals surface area contributed by atoms with Crippen molar-refractivity contribution in [3.8, 4) is 5.75 Å². The van der Waals surface area contributed by atoms with E-state index in [9.17, 15) is 4.39 Å². The normalized spacial score (nSPS) is 12.2. The van der Waals surface area contributed by atoms with Crippen LogP contribution >= 0.6 is 0 Å². The molecule has 0 aliphatic carbocycles. The van der Waals surface area contributed by atoms with Crippen molar-refractivity contribution >= 4 is 0 Å². The van der Waals surface area contributed by atoms with E-state index in [-0.39, 0.29) is 11.9 Å². The van der Waals surface area contributed by atoms with Gasteiger partial charge in [0, 0.05) is 11.6 Å². The lowest BCUT2D eigenvalue weighted by Crippen LogP contribution is -2.08. The van der Waals surface area contributed by atoms with E-state index in [1.54, 1.807) is 12.1 Å². The largest absolute Gasteiger partial charge is 0.489 e. The average Bonchev–Trinajstić information content (AvgIpc) is 2.39. The fourth-order valence-corrected chi connectivity index (χ4v) is 1.90. The topological polar surface area (TPSA) is 35.2 Å². The van der Waals surface area contributed by atoms with Gasteiger partial charge in [-0.1, -0.05) is 29.8 Å². The molecule has 0 amide bonds. The fourth-order valence-electron chi connectivity index (χ4n) is 1.90. The second kappa shape index (κ2) is 5.85. The Kier molecular flexibility index (Phi) is 4.17. The molecule has 0 radical (unpaired) electrons. The summed E-state index contributed by atoms with van der Waals surface area (Å²) in [6, 6.07) is 12.2. The Labute approximate surface area is 113 Å². The molecule has 0 saturated carbocycles. The molecule has 1 atom stereocenters. The van der Waals surface area contributed by atoms with Crippen molar-refractivity contribution in [3.63, 3.8) is 0 Å². The molecule has 0 heterocycles. The zero-order valence-corrected chi connectivity index (χ0v) is 11.2. The second-order valence-corrected chi connectivity index (χ2v) is 4.75. The summed E-state index contributed by atoms with van der Waals surface area (Å²) >= 11 is 0. The van der Waals surface area contributed by atoms with Crippen LogP contribution < -0.4 is 10.5 Å². The first-order valence-electron chi connectivity index (χ1n) is 6.29. The summed E-state index contributed by atoms with van der Waals surface area (Å²) in [6.07, 6.45) is 0. The highest BCUT2D eigenvalue weighted by Gasteiger charge is 2.08. The van der Waals surface area contributed by atoms with Gasteiger partial charge < -0.3 is 10.5 Å². The van der Waals surface area contributed by atoms with Gasteiger partial charge in [0.2, 0.25) is 0 Å². The van der Waals surface area contributed by atoms with Gasteiger partial charge in [0.15, 0.2) is 0 Å². The summed E-state index contributed by atoms with van der Waals surface area (Å²) in [4.78, 5) is 0. The van der Waals surface area contributed by atoms with Crippen molar-refractivity contribution in [3.05, 3.63) is 65.0 Å². The number of benzene rings is 2. The first kappa shape index (κ1) is 13.6. The van der Waals surface area contributed by atoms with Crippen LogP contribution in [0.1, 0.15) is 29.7 Å². The van der Waals surface area contributed by atoms with Crippen LogP contribution in [-0.2, 0) is 6.61 Å². The van der Waals surface area contributed by atoms with Gasteiger partial charge in [-0.05, 0) is 37.6 Å². The highest BCUT2D eigenvalue weighted by molar-refractivity contribution is 5.39. The zero-order chi connectivity index (χ0) is 13.8. The molecule has 3 heteroatoms. The minimum Gasteiger partial charge on any atom is -0.489 e. The molecule has 2 aromatic rings. The van der Waals surface area contributed by atoms with Gasteiger partial charge in [-0.15, -0.1) is 0 Å². The quantitative estimate of drug-likeness (QED) is 0.908. The number of hydrogen-bond donors (Lipinski definition) is 1. The Morgan fingerprint density at radius 2 is 1.84 bits per heavy atom. The number of nitrogens with two attached hydrogens (primary N) is 1. The van der Waals surface area contributed by atoms with Crippen LogP contribution in [0.25, 0.3) is 0 Å². The second-order valence-electron chi connectivity index (χ2n) is 4.75. The summed E-state index contributed by atoms with van der Waals surface area (Å²) in [5.41, 5.74) is 9.01. The van der Waals surface area contributed by atoms with Crippen molar-refractivity contribution in [2.45, 2.75) is 26.5 Å². The average molecular weight is 259 g/mol. The standard InChI is InChI=1S/C16H18FNO/c1-11-3-8-16(15(9-11)12(2)18)19-10-13-4-6-14(17)7-5-13/h3-9,12H,10,18H2,1-2H3/t12-/m0/s1. The van der Waals surface area contributed by atoms with Crippen LogP contribution in [0.5, 0.6) is 5.75 Å². The number of hydrogen-bond acceptors (Lipinski definition) is 2. The van der Waals surface area contributed by atoms with E-state index in [0.29, 0.717) is 6.61 Å². The van der Waals surface area contributed by atoms with Gasteiger partial charge in [0.05, 0.1) is 0 Å². The van der Waals surface area contributed by atoms with Gasteiger partial charge in [-0.25, -0.2) is 4.39 Å². The van der Waals surface area contributed by atoms with E-state index in [1.807, 2.05) is 32.0 Å². The third kappa shape index (κ3) is 3.55. The molecule has 0 spiro atoms. The monoisotopic (exact) mass is 259 g/mol. The van der Waals surface area contributed by atoms with E-state index in [4.69, 9.17) is 10.5 Å². The summed E-state index contributed by atoms with van der Waals surface area (Å²) in [7, 11) is 0. The minimum atomic E-state index is -0.240. The van der Waals surface area contributed by atoms with Gasteiger partial charge in [-0.2, -0.15) is 0 Å². The van der Waals surface area contributed by atoms with Crippen molar-refractivity contribution < 1.29 is 9.13 Å². The number of ether oxygens (including phenoxy) is 1. The van der Waals surface area contributed by atoms with Gasteiger partial charge >= 0.3 is 0 Å². The summed E-state index contributed by atoms with van der Waals surface area (Å²) in [6.45, 7) is 4.36. The van der Waals surface area contributed by atoms with Crippen LogP contribution in [0, 0.1) is 12.7 Å². The predicted octanol–water partition coefficient (Wildman–Crippen LogP) is 3.73. The molecule has 2 nitrogen and oxygen atoms in total. The molecule has 19 heavy (non-hydrogen) atoms. The molecule has 0 aliphatic heterocycles. The molecule has 0 aliphatic rings. The molecular weight excluding hydrogens is 241 g/mol. The summed E-state index contributed by atoms with van der Waals surface area (Å²) in [5.74, 6) is 0.542. The van der Waals surface area contributed by atoms with Gasteiger partial charge in [0.1, 0.15) is 18.2 Å². The number of aryl methyl sites for hydroxylation is 1. The number of rotatable bonds is 4. The molecule has 2 N–H and O–H groups in total. The van der Waals surface area contributed by atoms with E-state index >= 15 is 0 Å². The van der Waals surface area contributed by atoms with E-state index in [0.717, 1.165) is 22.4 Å². The Morgan fingerprint density at radius 1 is 1.16 bits per heavy atom. The minimum absolute atomic E-state index is 0.0804. The zero-order valence-electron chi connectivity index (χ0n) is 11.2. The summed E-state index contributed by atoms with van der Waals surface area (Å²) < 4.78 is 18.6. The van der Waals surface area contributed by atoms with Crippen molar-refractivity contribution in [1.29, 1.82) is 0 Å². The van der Waals surface area contributed by atoms with Crippen LogP contribution in [0.2, 0.25) is 0 Å². The van der Waals surface area contributed by atoms with Crippen LogP contribution in [0.3, 0.4) is 0 Å². The van der Waals surface area contributed by atoms with Crippen molar-refractivity contribution in [1.82, 2.24) is 0 Å². The maximum Gasteiger partial charge on any atom is 0.124 e. The Bertz CT molecular complexity index is 549. The highest BCUT2D eigenvalue weighted by Crippen LogP contribution is 2.25. The first-order chi connectivity index (χ1) is 9.06. The smallest absolute Gasteiger partial charge is 0.124 e. The first-order valence-corrected chi connectivity index (χ1v) is 6.29. The third-order valence-electron chi connectivity index (χ3n) is 2.96. The summed E-state index contributed by atoms with van der Waals surface area (Å²) in [5, 5.41) is 0. The van der Waals surface area contributed by atoms with Crippen LogP contribution in [0.4, 0.5) is 4.39 Å². The SMILES string of the molecule is Cc1ccc(OCc2ccc(F)cc2)c([C@H](C)N)c1. The molecule has 2 aromatic carbocycles. The lowest BCUT2D eigenvalue weighted by Gasteiger charge is -2.15. The van der Waals surface area contributed by atoms with Crippen molar-refractivity contribution in [2.75, 3.05) is 0 Å². The fraction of sp³-hybridized carbons (Fsp3) is 0.250. The molecule has 2 rings (SSSR count). The Morgan fingerprint density at radius 3 is 2.47 bits per heavy atom. The van der Waals surface area contributed by atoms with Gasteiger partial charge in [0.25, 0.3) is 0 Å². The lowest BCUT2D eigenvalue weighted by molar-refractivity contribution is 0.301. The molecule has 0 unspecified atom stereocenters. The molecule has 100 valence electrons. The third-order valence-corrected chi connectivity index (χ3v) is 2.96. The lowest BCUT2D eigenvalue weighted by atomic mass is 10.1. The molecule has 0 bridgehead atoms. The Hall–Kier alpha value is -1.87. The molecule has 0 aromatic heterocycles. The van der Waals surface area contributed by atoms with E-state index in [1.165, 1.54) is 12.1 Å². The van der Waals surface area contributed by atoms with E-state index in [2.05, 4.69) is 0 Å². The van der Waals surface area contributed by atoms with Gasteiger partial charge in [-0.3, -0.25) is 0 Å².